The van der Waals surface area contributed by atoms with Gasteiger partial charge in [0.1, 0.15) is 11.5 Å². The van der Waals surface area contributed by atoms with Crippen molar-refractivity contribution in [2.45, 2.75) is 32.0 Å². The highest BCUT2D eigenvalue weighted by atomic mass is 16.5. The Morgan fingerprint density at radius 1 is 0.947 bits per heavy atom. The molecule has 4 aromatic carbocycles. The van der Waals surface area contributed by atoms with E-state index in [1.807, 2.05) is 48.5 Å². The molecule has 0 bridgehead atoms. The van der Waals surface area contributed by atoms with E-state index < -0.39 is 11.7 Å². The number of methoxy groups -OCH3 is 1. The molecule has 0 unspecified atom stereocenters. The molecule has 0 heterocycles. The van der Waals surface area contributed by atoms with Crippen LogP contribution in [0.25, 0.3) is 16.5 Å². The summed E-state index contributed by atoms with van der Waals surface area (Å²) in [5, 5.41) is 15.7. The molecule has 6 nitrogen and oxygen atoms in total. The molecule has 0 spiro atoms. The number of hydrogen-bond acceptors (Lipinski definition) is 5. The molecule has 2 N–H and O–H groups in total. The van der Waals surface area contributed by atoms with Gasteiger partial charge in [0.25, 0.3) is 5.91 Å². The third kappa shape index (κ3) is 6.03. The fourth-order valence-electron chi connectivity index (χ4n) is 4.48. The zero-order valence-corrected chi connectivity index (χ0v) is 21.3. The zero-order valence-electron chi connectivity index (χ0n) is 21.3. The first-order valence-corrected chi connectivity index (χ1v) is 12.7. The summed E-state index contributed by atoms with van der Waals surface area (Å²) in [5.41, 5.74) is 3.57. The van der Waals surface area contributed by atoms with Crippen molar-refractivity contribution < 1.29 is 19.4 Å². The van der Waals surface area contributed by atoms with E-state index in [9.17, 15) is 14.7 Å². The Bertz CT molecular complexity index is 1500. The lowest BCUT2D eigenvalue weighted by Gasteiger charge is -2.26. The second-order valence-electron chi connectivity index (χ2n) is 9.54. The SMILES string of the molecule is COc1cccc(CN(Cc2cccc3ccccc23)c2cccc(/C(O)=C/C(=O)C(=O)NC3CC3)c2)c1. The van der Waals surface area contributed by atoms with Crippen LogP contribution in [0.3, 0.4) is 0 Å². The number of ether oxygens (including phenoxy) is 1. The summed E-state index contributed by atoms with van der Waals surface area (Å²) in [6, 6.07) is 30.0. The first kappa shape index (κ1) is 25.1. The first-order chi connectivity index (χ1) is 18.5. The van der Waals surface area contributed by atoms with Crippen LogP contribution in [0.2, 0.25) is 0 Å². The van der Waals surface area contributed by atoms with Crippen LogP contribution in [0.1, 0.15) is 29.5 Å². The van der Waals surface area contributed by atoms with Gasteiger partial charge in [-0.05, 0) is 59.0 Å². The standard InChI is InChI=1S/C32H30N2O4/c1-38-28-13-4-7-22(17-28)20-34(21-25-11-5-9-23-8-2-3-14-29(23)25)27-12-6-10-24(18-27)30(35)19-31(36)32(37)33-26-15-16-26/h2-14,17-19,26,35H,15-16,20-21H2,1H3,(H,33,37)/b30-19-. The van der Waals surface area contributed by atoms with Crippen molar-refractivity contribution in [1.82, 2.24) is 5.32 Å². The lowest BCUT2D eigenvalue weighted by atomic mass is 10.0. The third-order valence-electron chi connectivity index (χ3n) is 6.66. The van der Waals surface area contributed by atoms with Gasteiger partial charge in [-0.2, -0.15) is 0 Å². The maximum absolute atomic E-state index is 12.3. The second-order valence-corrected chi connectivity index (χ2v) is 9.54. The first-order valence-electron chi connectivity index (χ1n) is 12.7. The van der Waals surface area contributed by atoms with Crippen LogP contribution in [0, 0.1) is 0 Å². The summed E-state index contributed by atoms with van der Waals surface area (Å²) >= 11 is 0. The summed E-state index contributed by atoms with van der Waals surface area (Å²) < 4.78 is 5.43. The summed E-state index contributed by atoms with van der Waals surface area (Å²) in [6.45, 7) is 1.21. The van der Waals surface area contributed by atoms with Crippen molar-refractivity contribution in [3.63, 3.8) is 0 Å². The Balaban J connectivity index is 1.46. The molecule has 0 aromatic heterocycles. The average Bonchev–Trinajstić information content (AvgIpc) is 3.77. The Morgan fingerprint density at radius 2 is 1.71 bits per heavy atom. The van der Waals surface area contributed by atoms with E-state index in [1.54, 1.807) is 13.2 Å². The van der Waals surface area contributed by atoms with E-state index in [4.69, 9.17) is 4.74 Å². The van der Waals surface area contributed by atoms with Crippen molar-refractivity contribution in [2.75, 3.05) is 12.0 Å². The normalized spacial score (nSPS) is 13.2. The van der Waals surface area contributed by atoms with Gasteiger partial charge in [0.2, 0.25) is 5.78 Å². The van der Waals surface area contributed by atoms with Gasteiger partial charge in [-0.25, -0.2) is 0 Å². The van der Waals surface area contributed by atoms with Crippen molar-refractivity contribution in [2.24, 2.45) is 0 Å². The van der Waals surface area contributed by atoms with Gasteiger partial charge < -0.3 is 20.1 Å². The Labute approximate surface area is 222 Å². The number of amides is 1. The molecule has 0 atom stereocenters. The minimum atomic E-state index is -0.760. The molecule has 0 saturated heterocycles. The number of anilines is 1. The number of nitrogens with one attached hydrogen (secondary N) is 1. The van der Waals surface area contributed by atoms with E-state index in [0.717, 1.165) is 35.9 Å². The molecule has 1 fully saturated rings. The third-order valence-corrected chi connectivity index (χ3v) is 6.66. The molecular weight excluding hydrogens is 476 g/mol. The molecule has 4 aromatic rings. The number of rotatable bonds is 10. The van der Waals surface area contributed by atoms with E-state index in [2.05, 4.69) is 46.6 Å². The maximum Gasteiger partial charge on any atom is 0.292 e. The number of carbonyl (C=O) groups excluding carboxylic acids is 2. The van der Waals surface area contributed by atoms with Crippen molar-refractivity contribution in [3.05, 3.63) is 114 Å². The van der Waals surface area contributed by atoms with Crippen molar-refractivity contribution in [1.29, 1.82) is 0 Å². The van der Waals surface area contributed by atoms with Gasteiger partial charge >= 0.3 is 0 Å². The lowest BCUT2D eigenvalue weighted by Crippen LogP contribution is -2.31. The number of aliphatic hydroxyl groups is 1. The van der Waals surface area contributed by atoms with Crippen LogP contribution in [0.15, 0.2) is 97.1 Å². The fourth-order valence-corrected chi connectivity index (χ4v) is 4.48. The number of carbonyl (C=O) groups is 2. The van der Waals surface area contributed by atoms with E-state index in [0.29, 0.717) is 18.7 Å². The highest BCUT2D eigenvalue weighted by Crippen LogP contribution is 2.28. The molecular formula is C32H30N2O4. The van der Waals surface area contributed by atoms with Gasteiger partial charge in [-0.15, -0.1) is 0 Å². The molecule has 6 heteroatoms. The predicted molar refractivity (Wildman–Crippen MR) is 150 cm³/mol. The van der Waals surface area contributed by atoms with Crippen molar-refractivity contribution in [3.8, 4) is 5.75 Å². The van der Waals surface area contributed by atoms with Gasteiger partial charge in [0, 0.05) is 36.5 Å². The van der Waals surface area contributed by atoms with Crippen LogP contribution in [-0.4, -0.2) is 29.9 Å². The molecule has 1 amide bonds. The van der Waals surface area contributed by atoms with Gasteiger partial charge in [0.05, 0.1) is 7.11 Å². The largest absolute Gasteiger partial charge is 0.507 e. The van der Waals surface area contributed by atoms with E-state index in [-0.39, 0.29) is 11.8 Å². The molecule has 0 aliphatic heterocycles. The fraction of sp³-hybridized carbons (Fsp3) is 0.188. The molecule has 1 aliphatic carbocycles. The zero-order chi connectivity index (χ0) is 26.5. The highest BCUT2D eigenvalue weighted by molar-refractivity contribution is 6.41. The quantitative estimate of drug-likeness (QED) is 0.161. The highest BCUT2D eigenvalue weighted by Gasteiger charge is 2.26. The molecule has 192 valence electrons. The number of benzene rings is 4. The lowest BCUT2D eigenvalue weighted by molar-refractivity contribution is -0.135. The average molecular weight is 507 g/mol. The molecule has 1 saturated carbocycles. The number of nitrogens with zero attached hydrogens (tertiary/aromatic N) is 1. The monoisotopic (exact) mass is 506 g/mol. The van der Waals surface area contributed by atoms with Gasteiger partial charge in [0.15, 0.2) is 0 Å². The molecule has 1 aliphatic rings. The van der Waals surface area contributed by atoms with Crippen LogP contribution < -0.4 is 15.0 Å². The van der Waals surface area contributed by atoms with Crippen LogP contribution in [0.4, 0.5) is 5.69 Å². The van der Waals surface area contributed by atoms with Crippen LogP contribution in [0.5, 0.6) is 5.75 Å². The smallest absolute Gasteiger partial charge is 0.292 e. The summed E-state index contributed by atoms with van der Waals surface area (Å²) in [7, 11) is 1.65. The second kappa shape index (κ2) is 11.2. The number of aliphatic hydroxyl groups excluding tert-OH is 1. The van der Waals surface area contributed by atoms with Gasteiger partial charge in [-0.3, -0.25) is 9.59 Å². The molecule has 38 heavy (non-hydrogen) atoms. The number of fused-ring (bicyclic) bond motifs is 1. The predicted octanol–water partition coefficient (Wildman–Crippen LogP) is 5.80. The topological polar surface area (TPSA) is 78.9 Å². The Morgan fingerprint density at radius 3 is 2.53 bits per heavy atom. The van der Waals surface area contributed by atoms with E-state index in [1.165, 1.54) is 16.3 Å². The molecule has 5 rings (SSSR count). The van der Waals surface area contributed by atoms with Crippen LogP contribution in [-0.2, 0) is 22.7 Å². The van der Waals surface area contributed by atoms with Gasteiger partial charge in [-0.1, -0.05) is 66.7 Å². The minimum Gasteiger partial charge on any atom is -0.507 e. The Hall–Kier alpha value is -4.58. The summed E-state index contributed by atoms with van der Waals surface area (Å²) in [5.74, 6) is -0.908. The minimum absolute atomic E-state index is 0.0737. The van der Waals surface area contributed by atoms with E-state index >= 15 is 0 Å². The van der Waals surface area contributed by atoms with Crippen molar-refractivity contribution >= 4 is 33.9 Å². The van der Waals surface area contributed by atoms with Crippen LogP contribution >= 0.6 is 0 Å². The molecule has 0 radical (unpaired) electrons. The number of ketones is 1. The Kier molecular flexibility index (Phi) is 7.40. The maximum atomic E-state index is 12.3. The summed E-state index contributed by atoms with van der Waals surface area (Å²) in [4.78, 5) is 26.6. The summed E-state index contributed by atoms with van der Waals surface area (Å²) in [6.07, 6.45) is 2.76. The number of hydrogen-bond donors (Lipinski definition) is 2.